The molecule has 0 bridgehead atoms. The molecular formula is C22H23NO2. The second-order valence-corrected chi connectivity index (χ2v) is 6.11. The molecule has 0 saturated carbocycles. The van der Waals surface area contributed by atoms with Crippen LogP contribution in [0.2, 0.25) is 0 Å². The van der Waals surface area contributed by atoms with Crippen molar-refractivity contribution in [2.45, 2.75) is 26.2 Å². The lowest BCUT2D eigenvalue weighted by Crippen LogP contribution is -2.20. The molecule has 0 unspecified atom stereocenters. The second-order valence-electron chi connectivity index (χ2n) is 6.11. The van der Waals surface area contributed by atoms with Crippen LogP contribution in [-0.4, -0.2) is 12.5 Å². The molecule has 1 amide bonds. The quantitative estimate of drug-likeness (QED) is 0.645. The predicted molar refractivity (Wildman–Crippen MR) is 103 cm³/mol. The van der Waals surface area contributed by atoms with Gasteiger partial charge in [0, 0.05) is 11.1 Å². The molecule has 3 heteroatoms. The van der Waals surface area contributed by atoms with E-state index in [0.717, 1.165) is 28.6 Å². The van der Waals surface area contributed by atoms with E-state index in [-0.39, 0.29) is 12.5 Å². The Kier molecular flexibility index (Phi) is 5.68. The first-order chi connectivity index (χ1) is 12.3. The van der Waals surface area contributed by atoms with Crippen molar-refractivity contribution in [2.75, 3.05) is 11.9 Å². The van der Waals surface area contributed by atoms with Gasteiger partial charge in [-0.15, -0.1) is 0 Å². The van der Waals surface area contributed by atoms with E-state index in [1.165, 1.54) is 18.4 Å². The van der Waals surface area contributed by atoms with Gasteiger partial charge in [-0.05, 0) is 42.0 Å². The Balaban J connectivity index is 1.57. The highest BCUT2D eigenvalue weighted by molar-refractivity contribution is 5.93. The lowest BCUT2D eigenvalue weighted by atomic mass is 10.1. The van der Waals surface area contributed by atoms with Crippen molar-refractivity contribution < 1.29 is 9.53 Å². The van der Waals surface area contributed by atoms with Crippen molar-refractivity contribution in [2.24, 2.45) is 0 Å². The Morgan fingerprint density at radius 3 is 2.52 bits per heavy atom. The number of ether oxygens (including phenoxy) is 1. The van der Waals surface area contributed by atoms with Gasteiger partial charge in [0.15, 0.2) is 6.61 Å². The van der Waals surface area contributed by atoms with Crippen LogP contribution in [0.15, 0.2) is 66.7 Å². The maximum Gasteiger partial charge on any atom is 0.262 e. The van der Waals surface area contributed by atoms with Gasteiger partial charge in [0.1, 0.15) is 5.75 Å². The van der Waals surface area contributed by atoms with Crippen LogP contribution < -0.4 is 10.1 Å². The fraction of sp³-hybridized carbons (Fsp3) is 0.227. The molecule has 3 rings (SSSR count). The zero-order valence-electron chi connectivity index (χ0n) is 14.5. The summed E-state index contributed by atoms with van der Waals surface area (Å²) in [5.74, 6) is 0.567. The number of hydrogen-bond donors (Lipinski definition) is 1. The number of unbranched alkanes of at least 4 members (excludes halogenated alkanes) is 1. The van der Waals surface area contributed by atoms with E-state index in [4.69, 9.17) is 4.74 Å². The molecule has 1 N–H and O–H groups in total. The van der Waals surface area contributed by atoms with Crippen LogP contribution in [0, 0.1) is 0 Å². The minimum atomic E-state index is -0.158. The molecule has 0 aliphatic rings. The molecule has 3 nitrogen and oxygen atoms in total. The first kappa shape index (κ1) is 17.0. The van der Waals surface area contributed by atoms with E-state index >= 15 is 0 Å². The summed E-state index contributed by atoms with van der Waals surface area (Å²) >= 11 is 0. The number of anilines is 1. The van der Waals surface area contributed by atoms with Crippen molar-refractivity contribution in [3.63, 3.8) is 0 Å². The van der Waals surface area contributed by atoms with Crippen molar-refractivity contribution in [1.29, 1.82) is 0 Å². The van der Waals surface area contributed by atoms with Crippen LogP contribution in [0.25, 0.3) is 10.8 Å². The monoisotopic (exact) mass is 333 g/mol. The third-order valence-corrected chi connectivity index (χ3v) is 4.17. The van der Waals surface area contributed by atoms with Crippen LogP contribution in [0.4, 0.5) is 5.69 Å². The van der Waals surface area contributed by atoms with Crippen molar-refractivity contribution in [3.05, 3.63) is 72.3 Å². The van der Waals surface area contributed by atoms with E-state index in [1.54, 1.807) is 0 Å². The molecule has 0 radical (unpaired) electrons. The van der Waals surface area contributed by atoms with E-state index < -0.39 is 0 Å². The fourth-order valence-corrected chi connectivity index (χ4v) is 2.80. The number of carbonyl (C=O) groups excluding carboxylic acids is 1. The molecule has 25 heavy (non-hydrogen) atoms. The number of hydrogen-bond acceptors (Lipinski definition) is 2. The number of fused-ring (bicyclic) bond motifs is 1. The molecule has 128 valence electrons. The zero-order chi connectivity index (χ0) is 17.5. The average Bonchev–Trinajstić information content (AvgIpc) is 2.66. The number of rotatable bonds is 7. The van der Waals surface area contributed by atoms with Gasteiger partial charge in [0.2, 0.25) is 0 Å². The molecule has 3 aromatic rings. The normalized spacial score (nSPS) is 10.6. The fourth-order valence-electron chi connectivity index (χ4n) is 2.80. The average molecular weight is 333 g/mol. The second kappa shape index (κ2) is 8.34. The van der Waals surface area contributed by atoms with Crippen LogP contribution >= 0.6 is 0 Å². The van der Waals surface area contributed by atoms with Gasteiger partial charge >= 0.3 is 0 Å². The van der Waals surface area contributed by atoms with Crippen molar-refractivity contribution >= 4 is 22.4 Å². The summed E-state index contributed by atoms with van der Waals surface area (Å²) < 4.78 is 5.72. The van der Waals surface area contributed by atoms with Gasteiger partial charge in [-0.1, -0.05) is 61.9 Å². The van der Waals surface area contributed by atoms with Gasteiger partial charge < -0.3 is 10.1 Å². The summed E-state index contributed by atoms with van der Waals surface area (Å²) in [5.41, 5.74) is 2.10. The Bertz CT molecular complexity index is 835. The lowest BCUT2D eigenvalue weighted by Gasteiger charge is -2.10. The maximum absolute atomic E-state index is 12.1. The predicted octanol–water partition coefficient (Wildman–Crippen LogP) is 5.20. The molecule has 0 fully saturated rings. The van der Waals surface area contributed by atoms with Gasteiger partial charge in [0.05, 0.1) is 0 Å². The van der Waals surface area contributed by atoms with Crippen LogP contribution in [0.1, 0.15) is 25.3 Å². The third-order valence-electron chi connectivity index (χ3n) is 4.17. The summed E-state index contributed by atoms with van der Waals surface area (Å²) in [4.78, 5) is 12.1. The van der Waals surface area contributed by atoms with Crippen LogP contribution in [0.3, 0.4) is 0 Å². The topological polar surface area (TPSA) is 38.3 Å². The first-order valence-corrected chi connectivity index (χ1v) is 8.75. The highest BCUT2D eigenvalue weighted by Gasteiger charge is 2.06. The maximum atomic E-state index is 12.1. The Morgan fingerprint density at radius 1 is 0.960 bits per heavy atom. The highest BCUT2D eigenvalue weighted by atomic mass is 16.5. The molecule has 3 aromatic carbocycles. The van der Waals surface area contributed by atoms with Gasteiger partial charge in [-0.2, -0.15) is 0 Å². The van der Waals surface area contributed by atoms with E-state index in [9.17, 15) is 4.79 Å². The summed E-state index contributed by atoms with van der Waals surface area (Å²) in [7, 11) is 0. The van der Waals surface area contributed by atoms with Gasteiger partial charge in [-0.3, -0.25) is 4.79 Å². The number of benzene rings is 3. The Morgan fingerprint density at radius 2 is 1.72 bits per heavy atom. The minimum Gasteiger partial charge on any atom is -0.483 e. The standard InChI is InChI=1S/C22H23NO2/c1-2-3-7-17-12-14-19(15-13-17)23-22(24)16-25-21-11-6-9-18-8-4-5-10-20(18)21/h4-6,8-15H,2-3,7,16H2,1H3,(H,23,24). The Labute approximate surface area is 148 Å². The first-order valence-electron chi connectivity index (χ1n) is 8.75. The lowest BCUT2D eigenvalue weighted by molar-refractivity contribution is -0.118. The number of carbonyl (C=O) groups is 1. The molecule has 0 aliphatic carbocycles. The molecule has 0 atom stereocenters. The van der Waals surface area contributed by atoms with Crippen LogP contribution in [0.5, 0.6) is 5.75 Å². The third kappa shape index (κ3) is 4.60. The van der Waals surface area contributed by atoms with E-state index in [1.807, 2.05) is 54.6 Å². The highest BCUT2D eigenvalue weighted by Crippen LogP contribution is 2.25. The van der Waals surface area contributed by atoms with E-state index in [0.29, 0.717) is 0 Å². The van der Waals surface area contributed by atoms with Crippen molar-refractivity contribution in [3.8, 4) is 5.75 Å². The minimum absolute atomic E-state index is 0.00834. The van der Waals surface area contributed by atoms with Gasteiger partial charge in [-0.25, -0.2) is 0 Å². The van der Waals surface area contributed by atoms with Gasteiger partial charge in [0.25, 0.3) is 5.91 Å². The summed E-state index contributed by atoms with van der Waals surface area (Å²) in [6, 6.07) is 21.9. The molecule has 0 aliphatic heterocycles. The number of aryl methyl sites for hydroxylation is 1. The number of amides is 1. The molecule has 0 spiro atoms. The summed E-state index contributed by atoms with van der Waals surface area (Å²) in [6.45, 7) is 2.18. The molecular weight excluding hydrogens is 310 g/mol. The zero-order valence-corrected chi connectivity index (χ0v) is 14.5. The van der Waals surface area contributed by atoms with Crippen molar-refractivity contribution in [1.82, 2.24) is 0 Å². The SMILES string of the molecule is CCCCc1ccc(NC(=O)COc2cccc3ccccc23)cc1. The molecule has 0 heterocycles. The van der Waals surface area contributed by atoms with E-state index in [2.05, 4.69) is 24.4 Å². The Hall–Kier alpha value is -2.81. The summed E-state index contributed by atoms with van der Waals surface area (Å²) in [6.07, 6.45) is 3.45. The smallest absolute Gasteiger partial charge is 0.262 e. The summed E-state index contributed by atoms with van der Waals surface area (Å²) in [5, 5.41) is 4.99. The number of nitrogens with one attached hydrogen (secondary N) is 1. The molecule has 0 saturated heterocycles. The van der Waals surface area contributed by atoms with Crippen LogP contribution in [-0.2, 0) is 11.2 Å². The molecule has 0 aromatic heterocycles. The largest absolute Gasteiger partial charge is 0.483 e.